The van der Waals surface area contributed by atoms with E-state index in [0.29, 0.717) is 13.0 Å². The fourth-order valence-corrected chi connectivity index (χ4v) is 1.92. The first-order valence-electron chi connectivity index (χ1n) is 5.88. The second-order valence-corrected chi connectivity index (χ2v) is 4.36. The van der Waals surface area contributed by atoms with Crippen LogP contribution in [-0.4, -0.2) is 29.7 Å². The molecule has 1 atom stereocenters. The van der Waals surface area contributed by atoms with Gasteiger partial charge in [0.1, 0.15) is 0 Å². The maximum atomic E-state index is 10.7. The zero-order valence-electron chi connectivity index (χ0n) is 10.6. The van der Waals surface area contributed by atoms with E-state index in [1.807, 2.05) is 12.1 Å². The Kier molecular flexibility index (Phi) is 4.03. The van der Waals surface area contributed by atoms with Crippen molar-refractivity contribution in [2.75, 3.05) is 13.7 Å². The van der Waals surface area contributed by atoms with Gasteiger partial charge in [0.2, 0.25) is 0 Å². The molecule has 2 aromatic rings. The van der Waals surface area contributed by atoms with Gasteiger partial charge < -0.3 is 10.5 Å². The lowest BCUT2D eigenvalue weighted by Gasteiger charge is -2.10. The number of nitro benzene ring substituents is 1. The molecule has 0 spiro atoms. The van der Waals surface area contributed by atoms with E-state index < -0.39 is 4.92 Å². The van der Waals surface area contributed by atoms with Gasteiger partial charge in [0.15, 0.2) is 0 Å². The van der Waals surface area contributed by atoms with E-state index in [-0.39, 0.29) is 11.7 Å². The number of ether oxygens (including phenoxy) is 1. The monoisotopic (exact) mass is 261 g/mol. The molecule has 19 heavy (non-hydrogen) atoms. The lowest BCUT2D eigenvalue weighted by Crippen LogP contribution is -2.28. The molecule has 0 bridgehead atoms. The zero-order chi connectivity index (χ0) is 13.8. The summed E-state index contributed by atoms with van der Waals surface area (Å²) in [5, 5.41) is 11.4. The van der Waals surface area contributed by atoms with Crippen LogP contribution >= 0.6 is 0 Å². The number of nitro groups is 1. The number of pyridine rings is 1. The number of non-ortho nitro benzene ring substituents is 1. The predicted octanol–water partition coefficient (Wildman–Crippen LogP) is 1.66. The van der Waals surface area contributed by atoms with E-state index in [0.717, 1.165) is 16.6 Å². The minimum Gasteiger partial charge on any atom is -0.383 e. The number of benzene rings is 1. The molecule has 2 rings (SSSR count). The number of nitrogens with two attached hydrogens (primary N) is 1. The number of rotatable bonds is 5. The van der Waals surface area contributed by atoms with Crippen molar-refractivity contribution in [2.45, 2.75) is 12.5 Å². The Balaban J connectivity index is 2.26. The molecule has 0 aliphatic heterocycles. The topological polar surface area (TPSA) is 91.3 Å². The summed E-state index contributed by atoms with van der Waals surface area (Å²) in [6.45, 7) is 0.472. The molecule has 0 amide bonds. The normalized spacial score (nSPS) is 12.5. The average Bonchev–Trinajstić information content (AvgIpc) is 2.38. The second-order valence-electron chi connectivity index (χ2n) is 4.36. The highest BCUT2D eigenvalue weighted by Gasteiger charge is 2.09. The van der Waals surface area contributed by atoms with E-state index in [1.165, 1.54) is 12.1 Å². The van der Waals surface area contributed by atoms with Crippen molar-refractivity contribution in [3.8, 4) is 0 Å². The fourth-order valence-electron chi connectivity index (χ4n) is 1.92. The highest BCUT2D eigenvalue weighted by molar-refractivity contribution is 5.81. The van der Waals surface area contributed by atoms with E-state index in [2.05, 4.69) is 4.98 Å². The summed E-state index contributed by atoms with van der Waals surface area (Å²) in [6.07, 6.45) is 0.612. The molecule has 1 aromatic heterocycles. The molecule has 0 fully saturated rings. The summed E-state index contributed by atoms with van der Waals surface area (Å²) in [7, 11) is 1.60. The summed E-state index contributed by atoms with van der Waals surface area (Å²) in [5.41, 5.74) is 7.52. The van der Waals surface area contributed by atoms with Crippen LogP contribution in [0.1, 0.15) is 5.69 Å². The number of fused-ring (bicyclic) bond motifs is 1. The van der Waals surface area contributed by atoms with Gasteiger partial charge in [0.05, 0.1) is 17.0 Å². The number of methoxy groups -OCH3 is 1. The first kappa shape index (κ1) is 13.4. The van der Waals surface area contributed by atoms with Crippen molar-refractivity contribution in [1.82, 2.24) is 4.98 Å². The van der Waals surface area contributed by atoms with E-state index in [4.69, 9.17) is 10.5 Å². The van der Waals surface area contributed by atoms with Crippen LogP contribution in [0.4, 0.5) is 5.69 Å². The van der Waals surface area contributed by atoms with Crippen LogP contribution in [0.2, 0.25) is 0 Å². The van der Waals surface area contributed by atoms with Crippen molar-refractivity contribution in [3.05, 3.63) is 46.1 Å². The third kappa shape index (κ3) is 3.24. The van der Waals surface area contributed by atoms with E-state index in [9.17, 15) is 10.1 Å². The Labute approximate surface area is 110 Å². The van der Waals surface area contributed by atoms with Crippen molar-refractivity contribution in [3.63, 3.8) is 0 Å². The number of aromatic nitrogens is 1. The molecule has 0 saturated heterocycles. The van der Waals surface area contributed by atoms with Crippen LogP contribution in [0.25, 0.3) is 10.9 Å². The molecule has 1 heterocycles. The highest BCUT2D eigenvalue weighted by atomic mass is 16.6. The Morgan fingerprint density at radius 2 is 2.21 bits per heavy atom. The van der Waals surface area contributed by atoms with Crippen LogP contribution in [0.15, 0.2) is 30.3 Å². The Hall–Kier alpha value is -2.05. The second kappa shape index (κ2) is 5.73. The highest BCUT2D eigenvalue weighted by Crippen LogP contribution is 2.20. The Bertz CT molecular complexity index is 601. The minimum atomic E-state index is -0.415. The molecule has 1 unspecified atom stereocenters. The molecular weight excluding hydrogens is 246 g/mol. The average molecular weight is 261 g/mol. The van der Waals surface area contributed by atoms with Crippen molar-refractivity contribution in [2.24, 2.45) is 5.73 Å². The zero-order valence-corrected chi connectivity index (χ0v) is 10.6. The molecule has 0 aliphatic carbocycles. The predicted molar refractivity (Wildman–Crippen MR) is 72.0 cm³/mol. The van der Waals surface area contributed by atoms with Gasteiger partial charge in [-0.05, 0) is 12.1 Å². The standard InChI is InChI=1S/C13H15N3O3/c1-19-8-10(14)7-11-3-2-9-6-12(16(17)18)4-5-13(9)15-11/h2-6,10H,7-8,14H2,1H3. The van der Waals surface area contributed by atoms with Gasteiger partial charge in [-0.15, -0.1) is 0 Å². The van der Waals surface area contributed by atoms with E-state index in [1.54, 1.807) is 13.2 Å². The largest absolute Gasteiger partial charge is 0.383 e. The van der Waals surface area contributed by atoms with Gasteiger partial charge in [0.25, 0.3) is 5.69 Å². The first-order chi connectivity index (χ1) is 9.10. The number of nitrogens with zero attached hydrogens (tertiary/aromatic N) is 2. The summed E-state index contributed by atoms with van der Waals surface area (Å²) < 4.78 is 4.98. The van der Waals surface area contributed by atoms with Gasteiger partial charge >= 0.3 is 0 Å². The van der Waals surface area contributed by atoms with Crippen molar-refractivity contribution < 1.29 is 9.66 Å². The quantitative estimate of drug-likeness (QED) is 0.652. The maximum Gasteiger partial charge on any atom is 0.270 e. The number of hydrogen-bond acceptors (Lipinski definition) is 5. The summed E-state index contributed by atoms with van der Waals surface area (Å²) >= 11 is 0. The van der Waals surface area contributed by atoms with Crippen LogP contribution in [0, 0.1) is 10.1 Å². The smallest absolute Gasteiger partial charge is 0.270 e. The molecule has 6 heteroatoms. The van der Waals surface area contributed by atoms with Crippen LogP contribution < -0.4 is 5.73 Å². The maximum absolute atomic E-state index is 10.7. The Morgan fingerprint density at radius 1 is 1.42 bits per heavy atom. The van der Waals surface area contributed by atoms with E-state index >= 15 is 0 Å². The minimum absolute atomic E-state index is 0.0677. The molecule has 2 N–H and O–H groups in total. The summed E-state index contributed by atoms with van der Waals surface area (Å²) in [5.74, 6) is 0. The van der Waals surface area contributed by atoms with Gasteiger partial charge in [-0.3, -0.25) is 15.1 Å². The van der Waals surface area contributed by atoms with Crippen molar-refractivity contribution >= 4 is 16.6 Å². The molecular formula is C13H15N3O3. The summed E-state index contributed by atoms with van der Waals surface area (Å²) in [4.78, 5) is 14.7. The third-order valence-electron chi connectivity index (χ3n) is 2.79. The SMILES string of the molecule is COCC(N)Cc1ccc2cc([N+](=O)[O-])ccc2n1. The molecule has 6 nitrogen and oxygen atoms in total. The summed E-state index contributed by atoms with van der Waals surface area (Å²) in [6, 6.07) is 8.17. The van der Waals surface area contributed by atoms with Crippen LogP contribution in [-0.2, 0) is 11.2 Å². The van der Waals surface area contributed by atoms with Crippen LogP contribution in [0.5, 0.6) is 0 Å². The fraction of sp³-hybridized carbons (Fsp3) is 0.308. The number of hydrogen-bond donors (Lipinski definition) is 1. The Morgan fingerprint density at radius 3 is 2.89 bits per heavy atom. The molecule has 1 aromatic carbocycles. The van der Waals surface area contributed by atoms with Gasteiger partial charge in [-0.25, -0.2) is 0 Å². The lowest BCUT2D eigenvalue weighted by molar-refractivity contribution is -0.384. The third-order valence-corrected chi connectivity index (χ3v) is 2.79. The van der Waals surface area contributed by atoms with Gasteiger partial charge in [0, 0.05) is 42.8 Å². The first-order valence-corrected chi connectivity index (χ1v) is 5.88. The van der Waals surface area contributed by atoms with Gasteiger partial charge in [-0.2, -0.15) is 0 Å². The van der Waals surface area contributed by atoms with Crippen LogP contribution in [0.3, 0.4) is 0 Å². The molecule has 0 aliphatic rings. The molecule has 100 valence electrons. The lowest BCUT2D eigenvalue weighted by atomic mass is 10.1. The molecule has 0 saturated carbocycles. The van der Waals surface area contributed by atoms with Gasteiger partial charge in [-0.1, -0.05) is 6.07 Å². The molecule has 0 radical (unpaired) electrons. The van der Waals surface area contributed by atoms with Crippen molar-refractivity contribution in [1.29, 1.82) is 0 Å².